The molecular weight excluding hydrogens is 358 g/mol. The molecule has 1 amide bonds. The van der Waals surface area contributed by atoms with Gasteiger partial charge in [0.1, 0.15) is 11.6 Å². The summed E-state index contributed by atoms with van der Waals surface area (Å²) in [5.41, 5.74) is 1.09. The van der Waals surface area contributed by atoms with E-state index < -0.39 is 34.5 Å². The number of hydrogen-bond acceptors (Lipinski definition) is 2. The van der Waals surface area contributed by atoms with Crippen LogP contribution in [0.3, 0.4) is 0 Å². The fourth-order valence-electron chi connectivity index (χ4n) is 2.77. The number of rotatable bonds is 3. The lowest BCUT2D eigenvalue weighted by Crippen LogP contribution is -2.25. The average Bonchev–Trinajstić information content (AvgIpc) is 2.83. The standard InChI is InChI=1S/C17H13F4NO2S/c1-10-6-13(18)14(7-15(10)25(24)9-17(19,20)21)22-8-11-4-2-3-5-12(11)16(22)23/h2-7H,8-9H2,1H3/t25-/m0/s1. The molecule has 1 aliphatic rings. The minimum atomic E-state index is -4.61. The van der Waals surface area contributed by atoms with Crippen molar-refractivity contribution in [1.82, 2.24) is 0 Å². The third-order valence-electron chi connectivity index (χ3n) is 3.90. The second kappa shape index (κ2) is 6.25. The molecule has 3 rings (SSSR count). The van der Waals surface area contributed by atoms with Crippen LogP contribution in [-0.4, -0.2) is 22.0 Å². The van der Waals surface area contributed by atoms with Crippen molar-refractivity contribution in [3.63, 3.8) is 0 Å². The van der Waals surface area contributed by atoms with Gasteiger partial charge >= 0.3 is 6.18 Å². The van der Waals surface area contributed by atoms with Crippen molar-refractivity contribution < 1.29 is 26.6 Å². The zero-order chi connectivity index (χ0) is 18.4. The lowest BCUT2D eigenvalue weighted by molar-refractivity contribution is -0.105. The number of halogens is 4. The van der Waals surface area contributed by atoms with Gasteiger partial charge in [-0.3, -0.25) is 9.00 Å². The number of amides is 1. The molecule has 0 radical (unpaired) electrons. The van der Waals surface area contributed by atoms with Crippen LogP contribution in [0.15, 0.2) is 41.3 Å². The summed E-state index contributed by atoms with van der Waals surface area (Å²) in [5, 5.41) is 0. The molecule has 1 heterocycles. The van der Waals surface area contributed by atoms with Crippen LogP contribution in [0.4, 0.5) is 23.2 Å². The molecule has 0 bridgehead atoms. The molecule has 0 fully saturated rings. The molecule has 0 aliphatic carbocycles. The van der Waals surface area contributed by atoms with Gasteiger partial charge in [0.15, 0.2) is 0 Å². The summed E-state index contributed by atoms with van der Waals surface area (Å²) < 4.78 is 63.9. The van der Waals surface area contributed by atoms with E-state index in [1.807, 2.05) is 0 Å². The fourth-order valence-corrected chi connectivity index (χ4v) is 3.88. The third-order valence-corrected chi connectivity index (χ3v) is 5.42. The number of carbonyl (C=O) groups is 1. The van der Waals surface area contributed by atoms with E-state index in [0.29, 0.717) is 11.1 Å². The summed E-state index contributed by atoms with van der Waals surface area (Å²) in [5.74, 6) is -2.70. The van der Waals surface area contributed by atoms with Crippen molar-refractivity contribution >= 4 is 22.4 Å². The predicted molar refractivity (Wildman–Crippen MR) is 85.4 cm³/mol. The van der Waals surface area contributed by atoms with Crippen LogP contribution < -0.4 is 4.90 Å². The predicted octanol–water partition coefficient (Wildman–Crippen LogP) is 3.96. The molecule has 0 spiro atoms. The second-order valence-electron chi connectivity index (χ2n) is 5.72. The number of carbonyl (C=O) groups excluding carboxylic acids is 1. The molecule has 2 aromatic rings. The van der Waals surface area contributed by atoms with Crippen LogP contribution in [0.5, 0.6) is 0 Å². The van der Waals surface area contributed by atoms with Crippen LogP contribution in [0, 0.1) is 12.7 Å². The molecule has 1 aliphatic heterocycles. The summed E-state index contributed by atoms with van der Waals surface area (Å²) in [6.07, 6.45) is -4.61. The molecule has 25 heavy (non-hydrogen) atoms. The minimum Gasteiger partial charge on any atom is -0.301 e. The first-order chi connectivity index (χ1) is 11.7. The topological polar surface area (TPSA) is 37.4 Å². The molecule has 0 saturated heterocycles. The molecule has 2 aromatic carbocycles. The Morgan fingerprint density at radius 2 is 1.88 bits per heavy atom. The van der Waals surface area contributed by atoms with Gasteiger partial charge < -0.3 is 4.90 Å². The zero-order valence-corrected chi connectivity index (χ0v) is 13.9. The number of alkyl halides is 3. The smallest absolute Gasteiger partial charge is 0.301 e. The number of nitrogens with zero attached hydrogens (tertiary/aromatic N) is 1. The monoisotopic (exact) mass is 371 g/mol. The fraction of sp³-hybridized carbons (Fsp3) is 0.235. The van der Waals surface area contributed by atoms with Crippen LogP contribution in [0.2, 0.25) is 0 Å². The van der Waals surface area contributed by atoms with E-state index in [9.17, 15) is 26.6 Å². The van der Waals surface area contributed by atoms with Crippen LogP contribution in [0.25, 0.3) is 0 Å². The number of aryl methyl sites for hydroxylation is 1. The summed E-state index contributed by atoms with van der Waals surface area (Å²) in [6, 6.07) is 8.83. The van der Waals surface area contributed by atoms with Gasteiger partial charge in [-0.1, -0.05) is 18.2 Å². The molecule has 0 saturated carbocycles. The highest BCUT2D eigenvalue weighted by Crippen LogP contribution is 2.33. The van der Waals surface area contributed by atoms with E-state index in [1.165, 1.54) is 6.92 Å². The van der Waals surface area contributed by atoms with Gasteiger partial charge in [-0.05, 0) is 36.2 Å². The molecule has 0 unspecified atom stereocenters. The maximum atomic E-state index is 14.4. The lowest BCUT2D eigenvalue weighted by Gasteiger charge is -2.19. The highest BCUT2D eigenvalue weighted by Gasteiger charge is 2.34. The Labute approximate surface area is 143 Å². The molecule has 132 valence electrons. The maximum absolute atomic E-state index is 14.4. The van der Waals surface area contributed by atoms with Crippen LogP contribution in [0.1, 0.15) is 21.5 Å². The summed E-state index contributed by atoms with van der Waals surface area (Å²) in [4.78, 5) is 13.5. The van der Waals surface area contributed by atoms with Crippen molar-refractivity contribution in [2.24, 2.45) is 0 Å². The van der Waals surface area contributed by atoms with Crippen molar-refractivity contribution in [3.05, 3.63) is 58.9 Å². The highest BCUT2D eigenvalue weighted by atomic mass is 32.2. The van der Waals surface area contributed by atoms with Crippen molar-refractivity contribution in [2.75, 3.05) is 10.7 Å². The summed E-state index contributed by atoms with van der Waals surface area (Å²) >= 11 is 0. The van der Waals surface area contributed by atoms with E-state index in [0.717, 1.165) is 17.0 Å². The first kappa shape index (κ1) is 17.6. The Morgan fingerprint density at radius 1 is 1.20 bits per heavy atom. The third kappa shape index (κ3) is 3.44. The molecule has 0 N–H and O–H groups in total. The van der Waals surface area contributed by atoms with Crippen molar-refractivity contribution in [3.8, 4) is 0 Å². The van der Waals surface area contributed by atoms with E-state index in [1.54, 1.807) is 24.3 Å². The second-order valence-corrected chi connectivity index (χ2v) is 7.14. The zero-order valence-electron chi connectivity index (χ0n) is 13.1. The normalized spacial score (nSPS) is 15.4. The molecular formula is C17H13F4NO2S. The molecule has 8 heteroatoms. The Bertz CT molecular complexity index is 879. The van der Waals surface area contributed by atoms with Gasteiger partial charge in [0, 0.05) is 10.5 Å². The molecule has 0 aromatic heterocycles. The first-order valence-electron chi connectivity index (χ1n) is 7.32. The van der Waals surface area contributed by atoms with Gasteiger partial charge in [0.25, 0.3) is 5.91 Å². The van der Waals surface area contributed by atoms with Gasteiger partial charge in [0.05, 0.1) is 23.0 Å². The minimum absolute atomic E-state index is 0.111. The molecule has 1 atom stereocenters. The lowest BCUT2D eigenvalue weighted by atomic mass is 10.1. The van der Waals surface area contributed by atoms with Gasteiger partial charge in [-0.2, -0.15) is 13.2 Å². The Morgan fingerprint density at radius 3 is 2.52 bits per heavy atom. The van der Waals surface area contributed by atoms with E-state index in [2.05, 4.69) is 0 Å². The van der Waals surface area contributed by atoms with E-state index >= 15 is 0 Å². The van der Waals surface area contributed by atoms with Crippen molar-refractivity contribution in [1.29, 1.82) is 0 Å². The first-order valence-corrected chi connectivity index (χ1v) is 8.64. The summed E-state index contributed by atoms with van der Waals surface area (Å²) in [6.45, 7) is 1.50. The highest BCUT2D eigenvalue weighted by molar-refractivity contribution is 7.85. The molecule has 3 nitrogen and oxygen atoms in total. The van der Waals surface area contributed by atoms with Gasteiger partial charge in [-0.15, -0.1) is 0 Å². The van der Waals surface area contributed by atoms with Crippen molar-refractivity contribution in [2.45, 2.75) is 24.5 Å². The van der Waals surface area contributed by atoms with E-state index in [4.69, 9.17) is 0 Å². The Kier molecular flexibility index (Phi) is 4.40. The SMILES string of the molecule is Cc1cc(F)c(N2Cc3ccccc3C2=O)cc1[S@@](=O)CC(F)(F)F. The number of benzene rings is 2. The summed E-state index contributed by atoms with van der Waals surface area (Å²) in [7, 11) is -2.37. The van der Waals surface area contributed by atoms with Gasteiger partial charge in [0.2, 0.25) is 0 Å². The largest absolute Gasteiger partial charge is 0.400 e. The Balaban J connectivity index is 2.00. The Hall–Kier alpha value is -2.22. The number of anilines is 1. The van der Waals surface area contributed by atoms with E-state index in [-0.39, 0.29) is 22.7 Å². The van der Waals surface area contributed by atoms with Gasteiger partial charge in [-0.25, -0.2) is 4.39 Å². The quantitative estimate of drug-likeness (QED) is 0.766. The van der Waals surface area contributed by atoms with Crippen LogP contribution >= 0.6 is 0 Å². The number of fused-ring (bicyclic) bond motifs is 1. The average molecular weight is 371 g/mol. The number of hydrogen-bond donors (Lipinski definition) is 0. The maximum Gasteiger partial charge on any atom is 0.400 e. The van der Waals surface area contributed by atoms with Crippen LogP contribution in [-0.2, 0) is 17.3 Å².